The first-order chi connectivity index (χ1) is 5.84. The first-order valence-corrected chi connectivity index (χ1v) is 5.52. The number of ether oxygens (including phenoxy) is 1. The molecule has 68 valence electrons. The van der Waals surface area contributed by atoms with Gasteiger partial charge in [-0.25, -0.2) is 4.79 Å². The molecular formula is C8H13NO2S. The Morgan fingerprint density at radius 1 is 1.67 bits per heavy atom. The summed E-state index contributed by atoms with van der Waals surface area (Å²) in [6, 6.07) is 0. The molecule has 2 fully saturated rings. The molecule has 0 aromatic carbocycles. The number of hydrogen-bond acceptors (Lipinski definition) is 3. The molecule has 0 bridgehead atoms. The first-order valence-electron chi connectivity index (χ1n) is 4.37. The molecule has 2 heterocycles. The number of rotatable bonds is 2. The van der Waals surface area contributed by atoms with Crippen molar-refractivity contribution in [2.75, 3.05) is 18.1 Å². The van der Waals surface area contributed by atoms with Gasteiger partial charge >= 0.3 is 6.09 Å². The van der Waals surface area contributed by atoms with Gasteiger partial charge < -0.3 is 10.1 Å². The average molecular weight is 187 g/mol. The van der Waals surface area contributed by atoms with Crippen molar-refractivity contribution in [3.8, 4) is 0 Å². The van der Waals surface area contributed by atoms with Crippen molar-refractivity contribution >= 4 is 17.9 Å². The molecule has 0 aromatic rings. The Hall–Kier alpha value is -0.380. The van der Waals surface area contributed by atoms with Crippen molar-refractivity contribution in [3.63, 3.8) is 0 Å². The number of nitrogens with one attached hydrogen (secondary N) is 1. The van der Waals surface area contributed by atoms with Crippen molar-refractivity contribution < 1.29 is 9.53 Å². The Kier molecular flexibility index (Phi) is 2.44. The van der Waals surface area contributed by atoms with Crippen LogP contribution < -0.4 is 5.32 Å². The number of amides is 1. The standard InChI is InChI=1S/C8H13NO2S/c10-8-9-4-7(11-8)3-6-1-2-12-5-6/h6-7H,1-5H2,(H,9,10). The minimum atomic E-state index is -0.245. The second-order valence-corrected chi connectivity index (χ2v) is 4.52. The summed E-state index contributed by atoms with van der Waals surface area (Å²) in [6.07, 6.45) is 2.23. The molecule has 2 saturated heterocycles. The maximum Gasteiger partial charge on any atom is 0.407 e. The quantitative estimate of drug-likeness (QED) is 0.706. The van der Waals surface area contributed by atoms with E-state index in [1.54, 1.807) is 0 Å². The second-order valence-electron chi connectivity index (χ2n) is 3.37. The van der Waals surface area contributed by atoms with E-state index in [4.69, 9.17) is 4.74 Å². The smallest absolute Gasteiger partial charge is 0.407 e. The van der Waals surface area contributed by atoms with E-state index in [-0.39, 0.29) is 12.2 Å². The predicted molar refractivity (Wildman–Crippen MR) is 48.3 cm³/mol. The number of thioether (sulfide) groups is 1. The monoisotopic (exact) mass is 187 g/mol. The normalized spacial score (nSPS) is 34.8. The summed E-state index contributed by atoms with van der Waals surface area (Å²) in [6.45, 7) is 0.708. The van der Waals surface area contributed by atoms with E-state index in [0.29, 0.717) is 6.54 Å². The molecular weight excluding hydrogens is 174 g/mol. The number of cyclic esters (lactones) is 1. The SMILES string of the molecule is O=C1NCC(CC2CCSC2)O1. The lowest BCUT2D eigenvalue weighted by atomic mass is 10.0. The molecule has 4 heteroatoms. The summed E-state index contributed by atoms with van der Waals surface area (Å²) in [4.78, 5) is 10.7. The summed E-state index contributed by atoms with van der Waals surface area (Å²) in [5, 5.41) is 2.68. The van der Waals surface area contributed by atoms with Gasteiger partial charge in [0.1, 0.15) is 6.10 Å². The van der Waals surface area contributed by atoms with Gasteiger partial charge in [-0.05, 0) is 30.3 Å². The van der Waals surface area contributed by atoms with Crippen LogP contribution in [0.3, 0.4) is 0 Å². The Labute approximate surface area is 76.2 Å². The molecule has 2 atom stereocenters. The summed E-state index contributed by atoms with van der Waals surface area (Å²) >= 11 is 2.01. The summed E-state index contributed by atoms with van der Waals surface area (Å²) in [7, 11) is 0. The van der Waals surface area contributed by atoms with Gasteiger partial charge in [0.2, 0.25) is 0 Å². The van der Waals surface area contributed by atoms with E-state index in [1.165, 1.54) is 17.9 Å². The van der Waals surface area contributed by atoms with E-state index in [9.17, 15) is 4.79 Å². The van der Waals surface area contributed by atoms with Gasteiger partial charge in [0, 0.05) is 0 Å². The molecule has 2 rings (SSSR count). The molecule has 2 unspecified atom stereocenters. The maximum atomic E-state index is 10.7. The lowest BCUT2D eigenvalue weighted by molar-refractivity contribution is 0.127. The van der Waals surface area contributed by atoms with E-state index in [2.05, 4.69) is 5.32 Å². The minimum absolute atomic E-state index is 0.140. The highest BCUT2D eigenvalue weighted by Crippen LogP contribution is 2.28. The third-order valence-corrected chi connectivity index (χ3v) is 3.60. The van der Waals surface area contributed by atoms with Gasteiger partial charge in [0.25, 0.3) is 0 Å². The molecule has 3 nitrogen and oxygen atoms in total. The lowest BCUT2D eigenvalue weighted by Crippen LogP contribution is -2.18. The molecule has 1 amide bonds. The van der Waals surface area contributed by atoms with Gasteiger partial charge in [-0.15, -0.1) is 0 Å². The molecule has 0 spiro atoms. The molecule has 0 saturated carbocycles. The Bertz CT molecular complexity index is 180. The topological polar surface area (TPSA) is 38.3 Å². The fraction of sp³-hybridized carbons (Fsp3) is 0.875. The molecule has 2 aliphatic heterocycles. The predicted octanol–water partition coefficient (Wildman–Crippen LogP) is 1.24. The van der Waals surface area contributed by atoms with Crippen LogP contribution in [0.2, 0.25) is 0 Å². The molecule has 1 N–H and O–H groups in total. The van der Waals surface area contributed by atoms with Gasteiger partial charge in [-0.2, -0.15) is 11.8 Å². The van der Waals surface area contributed by atoms with Crippen LogP contribution in [-0.2, 0) is 4.74 Å². The first kappa shape index (κ1) is 8.23. The van der Waals surface area contributed by atoms with Gasteiger partial charge in [-0.3, -0.25) is 0 Å². The van der Waals surface area contributed by atoms with E-state index in [1.807, 2.05) is 11.8 Å². The molecule has 0 aliphatic carbocycles. The van der Waals surface area contributed by atoms with Gasteiger partial charge in [0.05, 0.1) is 6.54 Å². The lowest BCUT2D eigenvalue weighted by Gasteiger charge is -2.11. The zero-order chi connectivity index (χ0) is 8.39. The van der Waals surface area contributed by atoms with Crippen molar-refractivity contribution in [2.24, 2.45) is 5.92 Å². The fourth-order valence-electron chi connectivity index (χ4n) is 1.70. The van der Waals surface area contributed by atoms with Crippen LogP contribution in [0, 0.1) is 5.92 Å². The summed E-state index contributed by atoms with van der Waals surface area (Å²) in [5.74, 6) is 3.29. The highest BCUT2D eigenvalue weighted by atomic mass is 32.2. The number of alkyl carbamates (subject to hydrolysis) is 1. The van der Waals surface area contributed by atoms with Crippen molar-refractivity contribution in [3.05, 3.63) is 0 Å². The number of carbonyl (C=O) groups excluding carboxylic acids is 1. The summed E-state index contributed by atoms with van der Waals surface area (Å²) < 4.78 is 5.06. The van der Waals surface area contributed by atoms with E-state index < -0.39 is 0 Å². The largest absolute Gasteiger partial charge is 0.444 e. The van der Waals surface area contributed by atoms with Crippen LogP contribution in [0.25, 0.3) is 0 Å². The van der Waals surface area contributed by atoms with Crippen molar-refractivity contribution in [1.29, 1.82) is 0 Å². The zero-order valence-electron chi connectivity index (χ0n) is 6.91. The van der Waals surface area contributed by atoms with Crippen LogP contribution in [0.15, 0.2) is 0 Å². The third-order valence-electron chi connectivity index (χ3n) is 2.37. The average Bonchev–Trinajstić information content (AvgIpc) is 2.63. The number of hydrogen-bond donors (Lipinski definition) is 1. The Morgan fingerprint density at radius 2 is 2.58 bits per heavy atom. The molecule has 0 radical (unpaired) electrons. The van der Waals surface area contributed by atoms with Crippen molar-refractivity contribution in [2.45, 2.75) is 18.9 Å². The van der Waals surface area contributed by atoms with Gasteiger partial charge in [-0.1, -0.05) is 0 Å². The molecule has 12 heavy (non-hydrogen) atoms. The van der Waals surface area contributed by atoms with Crippen LogP contribution in [0.4, 0.5) is 4.79 Å². The highest BCUT2D eigenvalue weighted by Gasteiger charge is 2.27. The zero-order valence-corrected chi connectivity index (χ0v) is 7.73. The van der Waals surface area contributed by atoms with Gasteiger partial charge in [0.15, 0.2) is 0 Å². The van der Waals surface area contributed by atoms with Crippen LogP contribution in [-0.4, -0.2) is 30.2 Å². The summed E-state index contributed by atoms with van der Waals surface area (Å²) in [5.41, 5.74) is 0. The number of carbonyl (C=O) groups is 1. The Morgan fingerprint density at radius 3 is 3.17 bits per heavy atom. The molecule has 0 aromatic heterocycles. The minimum Gasteiger partial charge on any atom is -0.444 e. The highest BCUT2D eigenvalue weighted by molar-refractivity contribution is 7.99. The maximum absolute atomic E-state index is 10.7. The fourth-order valence-corrected chi connectivity index (χ4v) is 3.01. The van der Waals surface area contributed by atoms with Crippen LogP contribution in [0.1, 0.15) is 12.8 Å². The van der Waals surface area contributed by atoms with Crippen LogP contribution >= 0.6 is 11.8 Å². The third kappa shape index (κ3) is 1.86. The van der Waals surface area contributed by atoms with E-state index >= 15 is 0 Å². The van der Waals surface area contributed by atoms with E-state index in [0.717, 1.165) is 12.3 Å². The van der Waals surface area contributed by atoms with Crippen LogP contribution in [0.5, 0.6) is 0 Å². The molecule has 2 aliphatic rings. The second kappa shape index (κ2) is 3.56. The van der Waals surface area contributed by atoms with Crippen molar-refractivity contribution in [1.82, 2.24) is 5.32 Å². The Balaban J connectivity index is 1.75.